The number of nitrogens with zero attached hydrogens (tertiary/aromatic N) is 6. The summed E-state index contributed by atoms with van der Waals surface area (Å²) < 4.78 is 31.1. The number of carbonyl (C=O) groups excluding carboxylic acids is 1. The molecule has 0 heterocycles. The zero-order valence-electron chi connectivity index (χ0n) is 15.3. The van der Waals surface area contributed by atoms with Gasteiger partial charge in [-0.3, -0.25) is 9.73 Å². The quantitative estimate of drug-likeness (QED) is 0.151. The highest BCUT2D eigenvalue weighted by molar-refractivity contribution is 7.92. The topological polar surface area (TPSA) is 198 Å². The summed E-state index contributed by atoms with van der Waals surface area (Å²) in [6, 6.07) is 11.5. The zero-order valence-corrected chi connectivity index (χ0v) is 16.1. The summed E-state index contributed by atoms with van der Waals surface area (Å²) in [4.78, 5) is 17.6. The van der Waals surface area contributed by atoms with Gasteiger partial charge in [-0.15, -0.1) is 5.90 Å². The fourth-order valence-corrected chi connectivity index (χ4v) is 3.19. The summed E-state index contributed by atoms with van der Waals surface area (Å²) >= 11 is 0. The summed E-state index contributed by atoms with van der Waals surface area (Å²) in [7, 11) is -4.03. The smallest absolute Gasteiger partial charge is 0.291 e. The maximum Gasteiger partial charge on any atom is 0.291 e. The average molecular weight is 432 g/mol. The third kappa shape index (κ3) is 6.02. The Hall–Kier alpha value is -3.97. The van der Waals surface area contributed by atoms with E-state index in [0.717, 1.165) is 6.08 Å². The van der Waals surface area contributed by atoms with Gasteiger partial charge in [0.1, 0.15) is 5.75 Å². The highest BCUT2D eigenvalue weighted by atomic mass is 32.2. The van der Waals surface area contributed by atoms with E-state index in [0.29, 0.717) is 15.7 Å². The zero-order chi connectivity index (χ0) is 22.0. The fourth-order valence-electron chi connectivity index (χ4n) is 2.09. The number of sulfonamides is 1. The van der Waals surface area contributed by atoms with Crippen LogP contribution in [0.4, 0.5) is 5.69 Å². The first-order valence-corrected chi connectivity index (χ1v) is 9.45. The molecule has 0 aliphatic rings. The van der Waals surface area contributed by atoms with Crippen molar-refractivity contribution in [2.45, 2.75) is 4.90 Å². The molecule has 0 aromatic heterocycles. The van der Waals surface area contributed by atoms with E-state index >= 15 is 0 Å². The van der Waals surface area contributed by atoms with Crippen LogP contribution in [-0.4, -0.2) is 21.1 Å². The molecule has 0 aliphatic heterocycles. The highest BCUT2D eigenvalue weighted by Crippen LogP contribution is 2.23. The first-order valence-electron chi connectivity index (χ1n) is 8.01. The minimum absolute atomic E-state index is 0.0665. The van der Waals surface area contributed by atoms with Crippen molar-refractivity contribution in [3.8, 4) is 5.75 Å². The molecule has 0 saturated carbocycles. The van der Waals surface area contributed by atoms with Crippen molar-refractivity contribution in [3.05, 3.63) is 70.6 Å². The molecule has 2 rings (SSSR count). The second-order valence-corrected chi connectivity index (χ2v) is 7.14. The predicted octanol–water partition coefficient (Wildman–Crippen LogP) is 2.20. The van der Waals surface area contributed by atoms with Crippen LogP contribution < -0.4 is 20.9 Å². The van der Waals surface area contributed by atoms with Crippen molar-refractivity contribution in [2.24, 2.45) is 27.2 Å². The Morgan fingerprint density at radius 2 is 1.83 bits per heavy atom. The lowest BCUT2D eigenvalue weighted by atomic mass is 10.2. The van der Waals surface area contributed by atoms with Gasteiger partial charge in [-0.05, 0) is 53.6 Å². The number of hydrogen-bond acceptors (Lipinski definition) is 9. The van der Waals surface area contributed by atoms with Crippen molar-refractivity contribution in [1.29, 1.82) is 0 Å². The van der Waals surface area contributed by atoms with Gasteiger partial charge < -0.3 is 4.74 Å². The maximum atomic E-state index is 12.7. The van der Waals surface area contributed by atoms with Crippen molar-refractivity contribution in [3.63, 3.8) is 0 Å². The van der Waals surface area contributed by atoms with Crippen LogP contribution in [0.25, 0.3) is 16.5 Å². The largest absolute Gasteiger partial charge is 0.488 e. The Balaban J connectivity index is 2.11. The van der Waals surface area contributed by atoms with Gasteiger partial charge in [-0.2, -0.15) is 8.42 Å². The maximum absolute atomic E-state index is 12.7. The summed E-state index contributed by atoms with van der Waals surface area (Å²) in [5.74, 6) is 10.0. The molecule has 0 radical (unpaired) electrons. The molecule has 1 amide bonds. The van der Waals surface area contributed by atoms with E-state index in [1.54, 1.807) is 12.1 Å². The number of nitrogens with two attached hydrogens (primary N) is 2. The summed E-state index contributed by atoms with van der Waals surface area (Å²) in [6.07, 6.45) is 2.56. The van der Waals surface area contributed by atoms with Crippen LogP contribution in [-0.2, 0) is 19.8 Å². The number of ether oxygens (including phenoxy) is 1. The van der Waals surface area contributed by atoms with E-state index in [2.05, 4.69) is 31.3 Å². The van der Waals surface area contributed by atoms with Gasteiger partial charge in [-0.1, -0.05) is 22.4 Å². The Morgan fingerprint density at radius 1 is 1.17 bits per heavy atom. The SMILES string of the molecule is [N-]=[N+]=NCOc1ccc(S(=O)(=O)N(N)c2ccc(/C=C/C(=O)N=NON)cc2)cc1. The molecule has 0 bridgehead atoms. The molecule has 4 N–H and O–H groups in total. The number of hydrogen-bond donors (Lipinski definition) is 2. The van der Waals surface area contributed by atoms with Crippen LogP contribution in [0.3, 0.4) is 0 Å². The van der Waals surface area contributed by atoms with Crippen LogP contribution in [0.5, 0.6) is 5.75 Å². The summed E-state index contributed by atoms with van der Waals surface area (Å²) in [5.41, 5.74) is 8.99. The molecule has 0 spiro atoms. The minimum atomic E-state index is -4.03. The van der Waals surface area contributed by atoms with E-state index in [-0.39, 0.29) is 17.3 Å². The molecule has 156 valence electrons. The molecule has 0 unspecified atom stereocenters. The summed E-state index contributed by atoms with van der Waals surface area (Å²) in [5, 5.41) is 9.21. The van der Waals surface area contributed by atoms with E-state index < -0.39 is 15.9 Å². The third-order valence-corrected chi connectivity index (χ3v) is 5.08. The predicted molar refractivity (Wildman–Crippen MR) is 106 cm³/mol. The average Bonchev–Trinajstić information content (AvgIpc) is 2.76. The fraction of sp³-hybridized carbons (Fsp3) is 0.0625. The summed E-state index contributed by atoms with van der Waals surface area (Å²) in [6.45, 7) is -0.221. The van der Waals surface area contributed by atoms with Crippen molar-refractivity contribution in [1.82, 2.24) is 0 Å². The first-order chi connectivity index (χ1) is 14.4. The van der Waals surface area contributed by atoms with Crippen molar-refractivity contribution < 1.29 is 22.9 Å². The van der Waals surface area contributed by atoms with Crippen LogP contribution in [0.2, 0.25) is 0 Å². The highest BCUT2D eigenvalue weighted by Gasteiger charge is 2.22. The molecule has 30 heavy (non-hydrogen) atoms. The van der Waals surface area contributed by atoms with Gasteiger partial charge in [0.25, 0.3) is 15.9 Å². The van der Waals surface area contributed by atoms with Gasteiger partial charge in [0.05, 0.1) is 15.9 Å². The minimum Gasteiger partial charge on any atom is -0.488 e. The Morgan fingerprint density at radius 3 is 2.43 bits per heavy atom. The number of carbonyl (C=O) groups is 1. The Kier molecular flexibility index (Phi) is 7.84. The number of azide groups is 1. The molecule has 0 aliphatic carbocycles. The molecular weight excluding hydrogens is 416 g/mol. The van der Waals surface area contributed by atoms with Crippen LogP contribution in [0, 0.1) is 0 Å². The molecule has 13 nitrogen and oxygen atoms in total. The number of hydrazine groups is 1. The molecule has 14 heteroatoms. The second-order valence-electron chi connectivity index (χ2n) is 5.33. The number of anilines is 1. The van der Waals surface area contributed by atoms with E-state index in [4.69, 9.17) is 16.1 Å². The lowest BCUT2D eigenvalue weighted by Gasteiger charge is -2.19. The molecule has 0 fully saturated rings. The van der Waals surface area contributed by atoms with E-state index in [1.165, 1.54) is 42.5 Å². The molecule has 2 aromatic rings. The number of amides is 1. The lowest BCUT2D eigenvalue weighted by molar-refractivity contribution is -0.114. The van der Waals surface area contributed by atoms with Crippen LogP contribution in [0.1, 0.15) is 5.56 Å². The van der Waals surface area contributed by atoms with Gasteiger partial charge in [0.2, 0.25) is 0 Å². The Labute approximate surface area is 170 Å². The van der Waals surface area contributed by atoms with Gasteiger partial charge in [-0.25, -0.2) is 10.3 Å². The van der Waals surface area contributed by atoms with Gasteiger partial charge in [0, 0.05) is 11.0 Å². The molecule has 2 aromatic carbocycles. The molecule has 0 atom stereocenters. The Bertz CT molecular complexity index is 1080. The third-order valence-electron chi connectivity index (χ3n) is 3.49. The normalized spacial score (nSPS) is 11.3. The standard InChI is InChI=1S/C16H16N8O5S/c17-22-20-11-28-14-6-8-15(9-7-14)30(26,27)24(18)13-4-1-12(2-5-13)3-10-16(25)21-23-29-19/h1-10H,11,18-19H2/b10-3+,23-21?. The van der Waals surface area contributed by atoms with Crippen molar-refractivity contribution >= 4 is 27.7 Å². The van der Waals surface area contributed by atoms with E-state index in [1.807, 2.05) is 0 Å². The van der Waals surface area contributed by atoms with Gasteiger partial charge >= 0.3 is 0 Å². The molecule has 0 saturated heterocycles. The first kappa shape index (κ1) is 22.3. The monoisotopic (exact) mass is 432 g/mol. The van der Waals surface area contributed by atoms with E-state index in [9.17, 15) is 13.2 Å². The lowest BCUT2D eigenvalue weighted by Crippen LogP contribution is -2.37. The number of rotatable bonds is 9. The van der Waals surface area contributed by atoms with Crippen LogP contribution in [0.15, 0.2) is 75.0 Å². The van der Waals surface area contributed by atoms with Crippen LogP contribution >= 0.6 is 0 Å². The van der Waals surface area contributed by atoms with Crippen molar-refractivity contribution in [2.75, 3.05) is 11.1 Å². The second kappa shape index (κ2) is 10.5. The molecular formula is C16H16N8O5S. The van der Waals surface area contributed by atoms with Gasteiger partial charge in [0.15, 0.2) is 6.73 Å². The number of benzene rings is 2.